The predicted octanol–water partition coefficient (Wildman–Crippen LogP) is 5.21. The molecule has 1 saturated heterocycles. The van der Waals surface area contributed by atoms with E-state index in [4.69, 9.17) is 21.7 Å². The molecule has 1 fully saturated rings. The number of amides is 1. The van der Waals surface area contributed by atoms with Crippen molar-refractivity contribution in [3.63, 3.8) is 0 Å². The van der Waals surface area contributed by atoms with E-state index in [2.05, 4.69) is 4.98 Å². The minimum Gasteiger partial charge on any atom is -0.481 e. The SMILES string of the molecule is O=C(O)CCCCCN1C(=O)/C(=C/c2ccc(-c3cc(C(F)(F)F)ccn3)o2)SC1=S. The first-order valence-corrected chi connectivity index (χ1v) is 10.5. The van der Waals surface area contributed by atoms with Crippen molar-refractivity contribution in [1.82, 2.24) is 9.88 Å². The minimum atomic E-state index is -4.49. The van der Waals surface area contributed by atoms with Gasteiger partial charge in [0.1, 0.15) is 15.8 Å². The lowest BCUT2D eigenvalue weighted by Crippen LogP contribution is -2.29. The summed E-state index contributed by atoms with van der Waals surface area (Å²) in [5, 5.41) is 8.65. The summed E-state index contributed by atoms with van der Waals surface area (Å²) in [6, 6.07) is 4.79. The number of carboxylic acid groups (broad SMARTS) is 1. The van der Waals surface area contributed by atoms with Crippen molar-refractivity contribution in [3.8, 4) is 11.5 Å². The van der Waals surface area contributed by atoms with Crippen molar-refractivity contribution in [2.24, 2.45) is 0 Å². The Morgan fingerprint density at radius 3 is 2.74 bits per heavy atom. The quantitative estimate of drug-likeness (QED) is 0.322. The molecule has 0 saturated carbocycles. The lowest BCUT2D eigenvalue weighted by Gasteiger charge is -2.13. The fourth-order valence-corrected chi connectivity index (χ4v) is 4.14. The number of pyridine rings is 1. The lowest BCUT2D eigenvalue weighted by atomic mass is 10.2. The summed E-state index contributed by atoms with van der Waals surface area (Å²) in [6.45, 7) is 0.388. The topological polar surface area (TPSA) is 83.6 Å². The number of furan rings is 1. The molecule has 2 aromatic rings. The summed E-state index contributed by atoms with van der Waals surface area (Å²) in [4.78, 5) is 28.8. The molecule has 0 radical (unpaired) electrons. The molecule has 2 aromatic heterocycles. The fraction of sp³-hybridized carbons (Fsp3) is 0.300. The Balaban J connectivity index is 1.67. The summed E-state index contributed by atoms with van der Waals surface area (Å²) in [6.07, 6.45) is -0.0524. The number of carbonyl (C=O) groups excluding carboxylic acids is 1. The van der Waals surface area contributed by atoms with Gasteiger partial charge in [-0.25, -0.2) is 0 Å². The third-order valence-electron chi connectivity index (χ3n) is 4.39. The maximum atomic E-state index is 12.9. The number of aromatic nitrogens is 1. The number of hydrogen-bond donors (Lipinski definition) is 1. The highest BCUT2D eigenvalue weighted by Gasteiger charge is 2.32. The molecule has 31 heavy (non-hydrogen) atoms. The van der Waals surface area contributed by atoms with Gasteiger partial charge in [-0.3, -0.25) is 19.5 Å². The van der Waals surface area contributed by atoms with Gasteiger partial charge in [0.05, 0.1) is 10.5 Å². The highest BCUT2D eigenvalue weighted by molar-refractivity contribution is 8.26. The second kappa shape index (κ2) is 9.65. The number of rotatable bonds is 8. The molecule has 11 heteroatoms. The molecule has 1 amide bonds. The molecule has 6 nitrogen and oxygen atoms in total. The van der Waals surface area contributed by atoms with E-state index in [-0.39, 0.29) is 29.5 Å². The number of hydrogen-bond acceptors (Lipinski definition) is 6. The zero-order valence-corrected chi connectivity index (χ0v) is 17.6. The largest absolute Gasteiger partial charge is 0.481 e. The van der Waals surface area contributed by atoms with Gasteiger partial charge >= 0.3 is 12.1 Å². The number of halogens is 3. The van der Waals surface area contributed by atoms with Crippen LogP contribution < -0.4 is 0 Å². The van der Waals surface area contributed by atoms with E-state index in [0.717, 1.165) is 30.1 Å². The first kappa shape index (κ1) is 23.0. The van der Waals surface area contributed by atoms with Gasteiger partial charge in [-0.2, -0.15) is 13.2 Å². The van der Waals surface area contributed by atoms with Crippen molar-refractivity contribution in [2.75, 3.05) is 6.54 Å². The van der Waals surface area contributed by atoms with Crippen LogP contribution in [-0.2, 0) is 15.8 Å². The molecule has 3 rings (SSSR count). The molecule has 0 aromatic carbocycles. The van der Waals surface area contributed by atoms with E-state index in [0.29, 0.717) is 35.0 Å². The maximum Gasteiger partial charge on any atom is 0.416 e. The number of carbonyl (C=O) groups is 2. The monoisotopic (exact) mass is 470 g/mol. The number of alkyl halides is 3. The predicted molar refractivity (Wildman–Crippen MR) is 113 cm³/mol. The molecule has 164 valence electrons. The third kappa shape index (κ3) is 5.95. The molecule has 3 heterocycles. The molecule has 1 aliphatic heterocycles. The zero-order chi connectivity index (χ0) is 22.6. The molecule has 0 spiro atoms. The van der Waals surface area contributed by atoms with Gasteiger partial charge in [-0.15, -0.1) is 0 Å². The first-order chi connectivity index (χ1) is 14.6. The zero-order valence-electron chi connectivity index (χ0n) is 16.0. The van der Waals surface area contributed by atoms with Gasteiger partial charge in [0.25, 0.3) is 5.91 Å². The van der Waals surface area contributed by atoms with Crippen molar-refractivity contribution in [1.29, 1.82) is 0 Å². The standard InChI is InChI=1S/C20H17F3N2O4S2/c21-20(22,23)12-7-8-24-14(10-12)15-6-5-13(29-15)11-16-18(28)25(19(30)31-16)9-3-1-2-4-17(26)27/h5-8,10-11H,1-4,9H2,(H,26,27)/b16-11-. The van der Waals surface area contributed by atoms with Gasteiger partial charge in [0.15, 0.2) is 5.76 Å². The molecule has 0 unspecified atom stereocenters. The van der Waals surface area contributed by atoms with Gasteiger partial charge < -0.3 is 9.52 Å². The van der Waals surface area contributed by atoms with Gasteiger partial charge in [-0.05, 0) is 37.1 Å². The maximum absolute atomic E-state index is 12.9. The van der Waals surface area contributed by atoms with Crippen LogP contribution in [0.25, 0.3) is 17.5 Å². The van der Waals surface area contributed by atoms with Crippen LogP contribution >= 0.6 is 24.0 Å². The van der Waals surface area contributed by atoms with Crippen molar-refractivity contribution in [2.45, 2.75) is 31.9 Å². The lowest BCUT2D eigenvalue weighted by molar-refractivity contribution is -0.138. The smallest absolute Gasteiger partial charge is 0.416 e. The van der Waals surface area contributed by atoms with Gasteiger partial charge in [0, 0.05) is 25.2 Å². The van der Waals surface area contributed by atoms with E-state index in [1.807, 2.05) is 0 Å². The van der Waals surface area contributed by atoms with Crippen molar-refractivity contribution < 1.29 is 32.3 Å². The van der Waals surface area contributed by atoms with Crippen LogP contribution in [0.5, 0.6) is 0 Å². The Morgan fingerprint density at radius 2 is 2.03 bits per heavy atom. The van der Waals surface area contributed by atoms with E-state index < -0.39 is 17.7 Å². The molecule has 1 aliphatic rings. The molecular formula is C20H17F3N2O4S2. The average molecular weight is 470 g/mol. The van der Waals surface area contributed by atoms with Crippen LogP contribution in [-0.4, -0.2) is 37.7 Å². The Labute approximate surface area is 185 Å². The Kier molecular flexibility index (Phi) is 7.16. The van der Waals surface area contributed by atoms with E-state index in [9.17, 15) is 22.8 Å². The number of unbranched alkanes of at least 4 members (excludes halogenated alkanes) is 2. The number of thioether (sulfide) groups is 1. The van der Waals surface area contributed by atoms with E-state index in [1.54, 1.807) is 0 Å². The average Bonchev–Trinajstić information content (AvgIpc) is 3.27. The summed E-state index contributed by atoms with van der Waals surface area (Å²) in [5.74, 6) is -0.711. The molecule has 1 N–H and O–H groups in total. The Bertz CT molecular complexity index is 1030. The van der Waals surface area contributed by atoms with E-state index in [1.165, 1.54) is 23.1 Å². The second-order valence-electron chi connectivity index (χ2n) is 6.67. The summed E-state index contributed by atoms with van der Waals surface area (Å²) in [5.41, 5.74) is -0.803. The summed E-state index contributed by atoms with van der Waals surface area (Å²) in [7, 11) is 0. The highest BCUT2D eigenvalue weighted by atomic mass is 32.2. The second-order valence-corrected chi connectivity index (χ2v) is 8.34. The van der Waals surface area contributed by atoms with Crippen LogP contribution in [0, 0.1) is 0 Å². The number of aliphatic carboxylic acids is 1. The summed E-state index contributed by atoms with van der Waals surface area (Å²) < 4.78 is 44.6. The molecule has 0 aliphatic carbocycles. The molecular weight excluding hydrogens is 453 g/mol. The minimum absolute atomic E-state index is 0.0309. The van der Waals surface area contributed by atoms with Crippen molar-refractivity contribution in [3.05, 3.63) is 46.7 Å². The normalized spacial score (nSPS) is 15.8. The third-order valence-corrected chi connectivity index (χ3v) is 5.76. The van der Waals surface area contributed by atoms with Crippen LogP contribution in [0.2, 0.25) is 0 Å². The molecule has 0 bridgehead atoms. The number of carboxylic acids is 1. The Morgan fingerprint density at radius 1 is 1.26 bits per heavy atom. The highest BCUT2D eigenvalue weighted by Crippen LogP contribution is 2.35. The fourth-order valence-electron chi connectivity index (χ4n) is 2.85. The van der Waals surface area contributed by atoms with Crippen LogP contribution in [0.3, 0.4) is 0 Å². The Hall–Kier alpha value is -2.66. The summed E-state index contributed by atoms with van der Waals surface area (Å²) >= 11 is 6.35. The van der Waals surface area contributed by atoms with Crippen LogP contribution in [0.4, 0.5) is 13.2 Å². The van der Waals surface area contributed by atoms with E-state index >= 15 is 0 Å². The van der Waals surface area contributed by atoms with Gasteiger partial charge in [0.2, 0.25) is 0 Å². The van der Waals surface area contributed by atoms with Crippen molar-refractivity contribution >= 4 is 46.3 Å². The molecule has 0 atom stereocenters. The van der Waals surface area contributed by atoms with Gasteiger partial charge in [-0.1, -0.05) is 30.4 Å². The first-order valence-electron chi connectivity index (χ1n) is 9.26. The number of nitrogens with zero attached hydrogens (tertiary/aromatic N) is 2. The van der Waals surface area contributed by atoms with Crippen LogP contribution in [0.15, 0.2) is 39.8 Å². The van der Waals surface area contributed by atoms with Crippen LogP contribution in [0.1, 0.15) is 37.0 Å². The number of thiocarbonyl (C=S) groups is 1.